The quantitative estimate of drug-likeness (QED) is 0.527. The van der Waals surface area contributed by atoms with E-state index in [4.69, 9.17) is 4.98 Å². The molecule has 0 aliphatic heterocycles. The Morgan fingerprint density at radius 3 is 2.63 bits per heavy atom. The van der Waals surface area contributed by atoms with Crippen LogP contribution >= 0.6 is 11.3 Å². The minimum absolute atomic E-state index is 0.0604. The standard InChI is InChI=1S/C20H27N5OS/c1-20(2,3)24-18-11-16(22-12-4-6-13(26)7-5-12)19-15(23-18)10-17(27-19)14-8-9-21-25-14/h8-13,26H,4-7H2,1-3H3,(H,21,25)(H2,22,23,24)/t12-,13-. The van der Waals surface area contributed by atoms with E-state index in [1.165, 1.54) is 0 Å². The van der Waals surface area contributed by atoms with E-state index < -0.39 is 0 Å². The normalized spacial score (nSPS) is 20.7. The van der Waals surface area contributed by atoms with Crippen molar-refractivity contribution in [1.29, 1.82) is 0 Å². The molecule has 27 heavy (non-hydrogen) atoms. The number of fused-ring (bicyclic) bond motifs is 1. The number of aromatic amines is 1. The number of thiophene rings is 1. The zero-order chi connectivity index (χ0) is 19.0. The number of H-pyrrole nitrogens is 1. The second-order valence-corrected chi connectivity index (χ2v) is 9.43. The van der Waals surface area contributed by atoms with Crippen LogP contribution in [0.4, 0.5) is 11.5 Å². The van der Waals surface area contributed by atoms with Crippen LogP contribution in [0.25, 0.3) is 20.8 Å². The molecule has 0 atom stereocenters. The molecule has 4 rings (SSSR count). The minimum Gasteiger partial charge on any atom is -0.393 e. The molecule has 1 aliphatic rings. The van der Waals surface area contributed by atoms with Crippen LogP contribution < -0.4 is 10.6 Å². The van der Waals surface area contributed by atoms with Crippen LogP contribution in [0.1, 0.15) is 46.5 Å². The van der Waals surface area contributed by atoms with Crippen molar-refractivity contribution in [2.45, 2.75) is 64.1 Å². The highest BCUT2D eigenvalue weighted by Crippen LogP contribution is 2.38. The lowest BCUT2D eigenvalue weighted by Gasteiger charge is -2.28. The molecule has 144 valence electrons. The summed E-state index contributed by atoms with van der Waals surface area (Å²) in [6.07, 6.45) is 5.34. The average Bonchev–Trinajstić information content (AvgIpc) is 3.24. The Hall–Kier alpha value is -2.12. The lowest BCUT2D eigenvalue weighted by Crippen LogP contribution is -2.29. The van der Waals surface area contributed by atoms with Gasteiger partial charge in [-0.1, -0.05) is 0 Å². The molecule has 3 aromatic heterocycles. The summed E-state index contributed by atoms with van der Waals surface area (Å²) in [6, 6.07) is 6.61. The van der Waals surface area contributed by atoms with Crippen molar-refractivity contribution in [2.75, 3.05) is 10.6 Å². The Labute approximate surface area is 163 Å². The molecule has 0 bridgehead atoms. The molecule has 0 saturated heterocycles. The van der Waals surface area contributed by atoms with Gasteiger partial charge in [-0.15, -0.1) is 11.3 Å². The van der Waals surface area contributed by atoms with Gasteiger partial charge in [-0.05, 0) is 58.6 Å². The first-order chi connectivity index (χ1) is 12.9. The topological polar surface area (TPSA) is 85.9 Å². The molecule has 1 saturated carbocycles. The lowest BCUT2D eigenvalue weighted by atomic mass is 9.93. The van der Waals surface area contributed by atoms with E-state index in [9.17, 15) is 5.11 Å². The second kappa shape index (κ2) is 7.13. The van der Waals surface area contributed by atoms with Crippen molar-refractivity contribution >= 4 is 33.1 Å². The highest BCUT2D eigenvalue weighted by molar-refractivity contribution is 7.22. The maximum absolute atomic E-state index is 9.79. The Kier molecular flexibility index (Phi) is 4.82. The summed E-state index contributed by atoms with van der Waals surface area (Å²) in [5.74, 6) is 0.877. The Morgan fingerprint density at radius 2 is 1.96 bits per heavy atom. The van der Waals surface area contributed by atoms with E-state index in [0.717, 1.165) is 58.0 Å². The number of aliphatic hydroxyl groups is 1. The molecule has 1 fully saturated rings. The average molecular weight is 386 g/mol. The van der Waals surface area contributed by atoms with Gasteiger partial charge in [-0.2, -0.15) is 5.10 Å². The van der Waals surface area contributed by atoms with Gasteiger partial charge in [0.15, 0.2) is 0 Å². The monoisotopic (exact) mass is 385 g/mol. The number of anilines is 2. The highest BCUT2D eigenvalue weighted by Gasteiger charge is 2.21. The summed E-state index contributed by atoms with van der Waals surface area (Å²) >= 11 is 1.72. The van der Waals surface area contributed by atoms with Crippen LogP contribution in [0.15, 0.2) is 24.4 Å². The predicted molar refractivity (Wildman–Crippen MR) is 112 cm³/mol. The first-order valence-corrected chi connectivity index (χ1v) is 10.4. The zero-order valence-electron chi connectivity index (χ0n) is 16.0. The van der Waals surface area contributed by atoms with Crippen molar-refractivity contribution in [3.8, 4) is 10.6 Å². The first-order valence-electron chi connectivity index (χ1n) is 9.54. The van der Waals surface area contributed by atoms with Crippen molar-refractivity contribution in [2.24, 2.45) is 0 Å². The fourth-order valence-corrected chi connectivity index (χ4v) is 4.59. The molecular formula is C20H27N5OS. The Morgan fingerprint density at radius 1 is 1.19 bits per heavy atom. The summed E-state index contributed by atoms with van der Waals surface area (Å²) in [6.45, 7) is 6.41. The van der Waals surface area contributed by atoms with Crippen molar-refractivity contribution in [3.63, 3.8) is 0 Å². The fraction of sp³-hybridized carbons (Fsp3) is 0.500. The van der Waals surface area contributed by atoms with Gasteiger partial charge in [-0.25, -0.2) is 4.98 Å². The number of nitrogens with zero attached hydrogens (tertiary/aromatic N) is 2. The molecule has 3 aromatic rings. The van der Waals surface area contributed by atoms with Crippen molar-refractivity contribution < 1.29 is 5.11 Å². The van der Waals surface area contributed by atoms with E-state index in [0.29, 0.717) is 6.04 Å². The summed E-state index contributed by atoms with van der Waals surface area (Å²) in [5.41, 5.74) is 3.05. The number of rotatable bonds is 4. The Balaban J connectivity index is 1.71. The summed E-state index contributed by atoms with van der Waals surface area (Å²) in [7, 11) is 0. The molecule has 7 heteroatoms. The molecular weight excluding hydrogens is 358 g/mol. The van der Waals surface area contributed by atoms with Crippen LogP contribution in [-0.2, 0) is 0 Å². The molecule has 3 heterocycles. The number of nitrogens with one attached hydrogen (secondary N) is 3. The molecule has 6 nitrogen and oxygen atoms in total. The van der Waals surface area contributed by atoms with Gasteiger partial charge in [-0.3, -0.25) is 5.10 Å². The van der Waals surface area contributed by atoms with Crippen LogP contribution in [0.5, 0.6) is 0 Å². The predicted octanol–water partition coefficient (Wildman–Crippen LogP) is 4.61. The van der Waals surface area contributed by atoms with Crippen LogP contribution in [0.2, 0.25) is 0 Å². The third kappa shape index (κ3) is 4.25. The number of hydrogen-bond donors (Lipinski definition) is 4. The van der Waals surface area contributed by atoms with Crippen LogP contribution in [0, 0.1) is 0 Å². The van der Waals surface area contributed by atoms with Gasteiger partial charge in [0.25, 0.3) is 0 Å². The minimum atomic E-state index is -0.146. The first kappa shape index (κ1) is 18.3. The summed E-state index contributed by atoms with van der Waals surface area (Å²) < 4.78 is 1.16. The number of pyridine rings is 1. The molecule has 0 spiro atoms. The number of aliphatic hydroxyl groups excluding tert-OH is 1. The van der Waals surface area contributed by atoms with Gasteiger partial charge >= 0.3 is 0 Å². The van der Waals surface area contributed by atoms with E-state index in [1.807, 2.05) is 6.07 Å². The fourth-order valence-electron chi connectivity index (χ4n) is 3.54. The van der Waals surface area contributed by atoms with Gasteiger partial charge in [0.05, 0.1) is 32.6 Å². The molecule has 1 aliphatic carbocycles. The summed E-state index contributed by atoms with van der Waals surface area (Å²) in [5, 5.41) is 24.1. The number of aromatic nitrogens is 3. The van der Waals surface area contributed by atoms with Crippen LogP contribution in [-0.4, -0.2) is 38.0 Å². The molecule has 0 unspecified atom stereocenters. The Bertz CT molecular complexity index is 904. The molecule has 0 aromatic carbocycles. The smallest absolute Gasteiger partial charge is 0.129 e. The van der Waals surface area contributed by atoms with Gasteiger partial charge in [0.1, 0.15) is 5.82 Å². The third-order valence-corrected chi connectivity index (χ3v) is 6.00. The molecule has 0 amide bonds. The van der Waals surface area contributed by atoms with E-state index in [2.05, 4.69) is 53.7 Å². The molecule has 0 radical (unpaired) electrons. The van der Waals surface area contributed by atoms with Gasteiger partial charge in [0, 0.05) is 23.8 Å². The number of hydrogen-bond acceptors (Lipinski definition) is 6. The highest BCUT2D eigenvalue weighted by atomic mass is 32.1. The zero-order valence-corrected chi connectivity index (χ0v) is 16.9. The van der Waals surface area contributed by atoms with Gasteiger partial charge in [0.2, 0.25) is 0 Å². The SMILES string of the molecule is CC(C)(C)Nc1cc(N[C@H]2CC[C@H](O)CC2)c2sc(-c3ccn[nH]3)cc2n1. The van der Waals surface area contributed by atoms with Crippen molar-refractivity contribution in [3.05, 3.63) is 24.4 Å². The van der Waals surface area contributed by atoms with E-state index >= 15 is 0 Å². The third-order valence-electron chi connectivity index (χ3n) is 4.80. The van der Waals surface area contributed by atoms with E-state index in [-0.39, 0.29) is 11.6 Å². The second-order valence-electron chi connectivity index (χ2n) is 8.38. The molecule has 4 N–H and O–H groups in total. The maximum atomic E-state index is 9.79. The lowest BCUT2D eigenvalue weighted by molar-refractivity contribution is 0.126. The summed E-state index contributed by atoms with van der Waals surface area (Å²) in [4.78, 5) is 5.97. The van der Waals surface area contributed by atoms with Gasteiger partial charge < -0.3 is 15.7 Å². The maximum Gasteiger partial charge on any atom is 0.129 e. The largest absolute Gasteiger partial charge is 0.393 e. The van der Waals surface area contributed by atoms with E-state index in [1.54, 1.807) is 17.5 Å². The van der Waals surface area contributed by atoms with Crippen molar-refractivity contribution in [1.82, 2.24) is 15.2 Å². The van der Waals surface area contributed by atoms with Crippen LogP contribution in [0.3, 0.4) is 0 Å².